The van der Waals surface area contributed by atoms with Crippen LogP contribution in [0, 0.1) is 10.1 Å². The Hall–Kier alpha value is -3.00. The van der Waals surface area contributed by atoms with Crippen LogP contribution in [0.3, 0.4) is 0 Å². The van der Waals surface area contributed by atoms with Gasteiger partial charge in [0, 0.05) is 35.3 Å². The van der Waals surface area contributed by atoms with Crippen molar-refractivity contribution < 1.29 is 4.92 Å². The molecule has 0 saturated carbocycles. The number of non-ortho nitro benzene ring substituents is 1. The standard InChI is InChI=1S/C21H20N4O3S/c26-21-23-20(29-14-15-8-10-17(11-9-15)25(27)28)18-6-1-2-7-19(18)24(21)13-16-5-3-4-12-22-16/h3-5,8-12H,1-2,6-7,13-14H2. The van der Waals surface area contributed by atoms with Crippen LogP contribution in [0.25, 0.3) is 0 Å². The van der Waals surface area contributed by atoms with E-state index in [4.69, 9.17) is 0 Å². The lowest BCUT2D eigenvalue weighted by Gasteiger charge is -2.22. The summed E-state index contributed by atoms with van der Waals surface area (Å²) < 4.78 is 1.76. The van der Waals surface area contributed by atoms with Gasteiger partial charge in [-0.1, -0.05) is 18.2 Å². The van der Waals surface area contributed by atoms with Gasteiger partial charge in [0.25, 0.3) is 5.69 Å². The average molecular weight is 408 g/mol. The molecule has 0 bridgehead atoms. The second-order valence-electron chi connectivity index (χ2n) is 6.95. The third-order valence-corrected chi connectivity index (χ3v) is 6.11. The molecule has 29 heavy (non-hydrogen) atoms. The van der Waals surface area contributed by atoms with Gasteiger partial charge in [0.1, 0.15) is 5.03 Å². The van der Waals surface area contributed by atoms with Crippen LogP contribution >= 0.6 is 11.8 Å². The smallest absolute Gasteiger partial charge is 0.290 e. The molecule has 0 amide bonds. The molecule has 0 radical (unpaired) electrons. The van der Waals surface area contributed by atoms with Crippen molar-refractivity contribution in [3.8, 4) is 0 Å². The largest absolute Gasteiger partial charge is 0.349 e. The van der Waals surface area contributed by atoms with Crippen LogP contribution < -0.4 is 5.69 Å². The molecule has 148 valence electrons. The molecule has 1 aromatic carbocycles. The first-order valence-electron chi connectivity index (χ1n) is 9.50. The summed E-state index contributed by atoms with van der Waals surface area (Å²) in [5.41, 5.74) is 3.85. The topological polar surface area (TPSA) is 90.9 Å². The van der Waals surface area contributed by atoms with Crippen LogP contribution in [0.5, 0.6) is 0 Å². The SMILES string of the molecule is O=c1nc(SCc2ccc([N+](=O)[O-])cc2)c2c(n1Cc1ccccn1)CCCC2. The maximum Gasteiger partial charge on any atom is 0.349 e. The molecule has 0 fully saturated rings. The molecule has 4 rings (SSSR count). The fraction of sp³-hybridized carbons (Fsp3) is 0.286. The minimum atomic E-state index is -0.407. The molecule has 0 saturated heterocycles. The number of pyridine rings is 1. The van der Waals surface area contributed by atoms with Gasteiger partial charge in [-0.25, -0.2) is 4.79 Å². The van der Waals surface area contributed by atoms with Gasteiger partial charge in [0.05, 0.1) is 17.2 Å². The maximum atomic E-state index is 12.8. The number of benzene rings is 1. The van der Waals surface area contributed by atoms with Crippen molar-refractivity contribution in [2.45, 2.75) is 43.0 Å². The number of fused-ring (bicyclic) bond motifs is 1. The molecule has 1 aliphatic carbocycles. The quantitative estimate of drug-likeness (QED) is 0.267. The summed E-state index contributed by atoms with van der Waals surface area (Å²) in [6.45, 7) is 0.433. The minimum Gasteiger partial charge on any atom is -0.290 e. The van der Waals surface area contributed by atoms with Gasteiger partial charge in [-0.05, 0) is 43.4 Å². The van der Waals surface area contributed by atoms with Crippen LogP contribution in [0.4, 0.5) is 5.69 Å². The van der Waals surface area contributed by atoms with Crippen molar-refractivity contribution in [3.63, 3.8) is 0 Å². The first kappa shape index (κ1) is 19.3. The predicted octanol–water partition coefficient (Wildman–Crippen LogP) is 3.77. The normalized spacial score (nSPS) is 13.1. The number of hydrogen-bond acceptors (Lipinski definition) is 6. The van der Waals surface area contributed by atoms with E-state index in [1.54, 1.807) is 22.9 Å². The zero-order valence-corrected chi connectivity index (χ0v) is 16.6. The molecule has 0 unspecified atom stereocenters. The van der Waals surface area contributed by atoms with E-state index in [1.807, 2.05) is 18.2 Å². The molecule has 0 spiro atoms. The summed E-state index contributed by atoms with van der Waals surface area (Å²) >= 11 is 1.52. The molecule has 0 N–H and O–H groups in total. The summed E-state index contributed by atoms with van der Waals surface area (Å²) in [5, 5.41) is 11.6. The number of rotatable bonds is 6. The highest BCUT2D eigenvalue weighted by Gasteiger charge is 2.21. The second-order valence-corrected chi connectivity index (χ2v) is 7.92. The van der Waals surface area contributed by atoms with Crippen molar-refractivity contribution >= 4 is 17.4 Å². The van der Waals surface area contributed by atoms with Crippen molar-refractivity contribution in [2.75, 3.05) is 0 Å². The Balaban J connectivity index is 1.60. The highest BCUT2D eigenvalue weighted by Crippen LogP contribution is 2.30. The van der Waals surface area contributed by atoms with Gasteiger partial charge < -0.3 is 0 Å². The number of nitrogens with zero attached hydrogens (tertiary/aromatic N) is 4. The van der Waals surface area contributed by atoms with Crippen LogP contribution in [0.15, 0.2) is 58.5 Å². The van der Waals surface area contributed by atoms with E-state index in [1.165, 1.54) is 23.9 Å². The molecule has 2 heterocycles. The monoisotopic (exact) mass is 408 g/mol. The molecule has 0 atom stereocenters. The summed E-state index contributed by atoms with van der Waals surface area (Å²) in [6.07, 6.45) is 5.65. The van der Waals surface area contributed by atoms with Crippen molar-refractivity contribution in [2.24, 2.45) is 0 Å². The van der Waals surface area contributed by atoms with E-state index in [-0.39, 0.29) is 11.4 Å². The van der Waals surface area contributed by atoms with Crippen LogP contribution in [0.1, 0.15) is 35.4 Å². The Kier molecular flexibility index (Phi) is 5.71. The number of hydrogen-bond donors (Lipinski definition) is 0. The summed E-state index contributed by atoms with van der Waals surface area (Å²) in [6, 6.07) is 12.2. The highest BCUT2D eigenvalue weighted by molar-refractivity contribution is 7.98. The average Bonchev–Trinajstić information content (AvgIpc) is 2.75. The first-order chi connectivity index (χ1) is 14.1. The van der Waals surface area contributed by atoms with Gasteiger partial charge >= 0.3 is 5.69 Å². The lowest BCUT2D eigenvalue weighted by molar-refractivity contribution is -0.384. The van der Waals surface area contributed by atoms with Gasteiger partial charge in [-0.15, -0.1) is 11.8 Å². The molecular formula is C21H20N4O3S. The third-order valence-electron chi connectivity index (χ3n) is 5.02. The Morgan fingerprint density at radius 2 is 1.90 bits per heavy atom. The number of nitro benzene ring substituents is 1. The van der Waals surface area contributed by atoms with Gasteiger partial charge in [-0.3, -0.25) is 19.7 Å². The lowest BCUT2D eigenvalue weighted by atomic mass is 9.97. The number of aromatic nitrogens is 3. The molecular weight excluding hydrogens is 388 g/mol. The van der Waals surface area contributed by atoms with Crippen LogP contribution in [-0.4, -0.2) is 19.5 Å². The second kappa shape index (κ2) is 8.57. The van der Waals surface area contributed by atoms with Gasteiger partial charge in [0.2, 0.25) is 0 Å². The Labute approximate surface area is 172 Å². The van der Waals surface area contributed by atoms with Gasteiger partial charge in [0.15, 0.2) is 0 Å². The van der Waals surface area contributed by atoms with Crippen molar-refractivity contribution in [1.29, 1.82) is 0 Å². The Morgan fingerprint density at radius 3 is 2.62 bits per heavy atom. The van der Waals surface area contributed by atoms with E-state index in [9.17, 15) is 14.9 Å². The summed E-state index contributed by atoms with van der Waals surface area (Å²) in [7, 11) is 0. The Bertz CT molecular complexity index is 1080. The molecule has 1 aliphatic rings. The molecule has 2 aromatic heterocycles. The Morgan fingerprint density at radius 1 is 1.10 bits per heavy atom. The van der Waals surface area contributed by atoms with Crippen LogP contribution in [0.2, 0.25) is 0 Å². The maximum absolute atomic E-state index is 12.8. The molecule has 8 heteroatoms. The van der Waals surface area contributed by atoms with E-state index >= 15 is 0 Å². The molecule has 7 nitrogen and oxygen atoms in total. The lowest BCUT2D eigenvalue weighted by Crippen LogP contribution is -2.30. The fourth-order valence-corrected chi connectivity index (χ4v) is 4.58. The van der Waals surface area contributed by atoms with E-state index in [0.29, 0.717) is 12.3 Å². The molecule has 3 aromatic rings. The summed E-state index contributed by atoms with van der Waals surface area (Å²) in [4.78, 5) is 31.9. The minimum absolute atomic E-state index is 0.0753. The third kappa shape index (κ3) is 4.37. The zero-order chi connectivity index (χ0) is 20.2. The fourth-order valence-electron chi connectivity index (χ4n) is 3.55. The predicted molar refractivity (Wildman–Crippen MR) is 111 cm³/mol. The van der Waals surface area contributed by atoms with E-state index in [2.05, 4.69) is 9.97 Å². The number of nitro groups is 1. The van der Waals surface area contributed by atoms with Crippen molar-refractivity contribution in [3.05, 3.63) is 91.8 Å². The van der Waals surface area contributed by atoms with Gasteiger partial charge in [-0.2, -0.15) is 4.98 Å². The van der Waals surface area contributed by atoms with Crippen LogP contribution in [-0.2, 0) is 25.1 Å². The van der Waals surface area contributed by atoms with E-state index < -0.39 is 4.92 Å². The first-order valence-corrected chi connectivity index (χ1v) is 10.5. The zero-order valence-electron chi connectivity index (χ0n) is 15.8. The van der Waals surface area contributed by atoms with Crippen molar-refractivity contribution in [1.82, 2.24) is 14.5 Å². The number of thioether (sulfide) groups is 1. The molecule has 0 aliphatic heterocycles. The van der Waals surface area contributed by atoms with E-state index in [0.717, 1.165) is 53.2 Å². The highest BCUT2D eigenvalue weighted by atomic mass is 32.2. The summed E-state index contributed by atoms with van der Waals surface area (Å²) in [5.74, 6) is 0.612.